The summed E-state index contributed by atoms with van der Waals surface area (Å²) in [5.74, 6) is 0. The molecule has 0 radical (unpaired) electrons. The summed E-state index contributed by atoms with van der Waals surface area (Å²) in [6.07, 6.45) is 1.26. The Labute approximate surface area is 157 Å². The number of hydrogen-bond acceptors (Lipinski definition) is 6. The topological polar surface area (TPSA) is 87.3 Å². The molecule has 1 amide bonds. The number of H-pyrrole nitrogens is 1. The van der Waals surface area contributed by atoms with Gasteiger partial charge in [-0.2, -0.15) is 0 Å². The molecule has 3 heterocycles. The van der Waals surface area contributed by atoms with Crippen molar-refractivity contribution < 1.29 is 9.53 Å². The number of amides is 1. The van der Waals surface area contributed by atoms with E-state index in [-0.39, 0.29) is 17.7 Å². The first kappa shape index (κ1) is 16.9. The molecule has 4 rings (SSSR count). The zero-order valence-corrected chi connectivity index (χ0v) is 15.4. The third kappa shape index (κ3) is 3.13. The van der Waals surface area contributed by atoms with Gasteiger partial charge in [0.1, 0.15) is 11.6 Å². The highest BCUT2D eigenvalue weighted by Crippen LogP contribution is 2.31. The predicted octanol–water partition coefficient (Wildman–Crippen LogP) is 3.77. The summed E-state index contributed by atoms with van der Waals surface area (Å²) in [6, 6.07) is 6.88. The molecule has 0 aliphatic carbocycles. The average Bonchev–Trinajstić information content (AvgIpc) is 3.23. The fraction of sp³-hybridized carbons (Fsp3) is 0.235. The van der Waals surface area contributed by atoms with E-state index in [1.807, 2.05) is 19.1 Å². The average molecular weight is 391 g/mol. The molecule has 0 saturated carbocycles. The first-order valence-electron chi connectivity index (χ1n) is 8.00. The van der Waals surface area contributed by atoms with E-state index in [1.54, 1.807) is 23.2 Å². The number of nitrogens with zero attached hydrogens (tertiary/aromatic N) is 2. The van der Waals surface area contributed by atoms with E-state index < -0.39 is 0 Å². The van der Waals surface area contributed by atoms with Gasteiger partial charge >= 0.3 is 6.09 Å². The van der Waals surface area contributed by atoms with Crippen molar-refractivity contribution in [3.05, 3.63) is 51.4 Å². The molecule has 1 saturated heterocycles. The number of halogens is 1. The summed E-state index contributed by atoms with van der Waals surface area (Å²) in [4.78, 5) is 32.7. The van der Waals surface area contributed by atoms with Crippen molar-refractivity contribution >= 4 is 50.1 Å². The lowest BCUT2D eigenvalue weighted by Crippen LogP contribution is -2.22. The van der Waals surface area contributed by atoms with Crippen LogP contribution < -0.4 is 15.8 Å². The van der Waals surface area contributed by atoms with Crippen LogP contribution in [0.15, 0.2) is 35.3 Å². The van der Waals surface area contributed by atoms with E-state index in [1.165, 1.54) is 11.3 Å². The van der Waals surface area contributed by atoms with Crippen molar-refractivity contribution in [2.24, 2.45) is 0 Å². The molecular formula is C17H15ClN4O3S. The maximum Gasteiger partial charge on any atom is 0.415 e. The summed E-state index contributed by atoms with van der Waals surface area (Å²) in [7, 11) is 0. The third-order valence-corrected chi connectivity index (χ3v) is 5.35. The highest BCUT2D eigenvalue weighted by Gasteiger charge is 2.25. The van der Waals surface area contributed by atoms with Crippen molar-refractivity contribution in [1.82, 2.24) is 9.97 Å². The molecule has 2 N–H and O–H groups in total. The van der Waals surface area contributed by atoms with Crippen LogP contribution in [-0.2, 0) is 4.74 Å². The van der Waals surface area contributed by atoms with E-state index >= 15 is 0 Å². The highest BCUT2D eigenvalue weighted by atomic mass is 35.5. The molecule has 3 aromatic rings. The number of hydrogen-bond donors (Lipinski definition) is 2. The second kappa shape index (κ2) is 6.62. The van der Waals surface area contributed by atoms with Crippen molar-refractivity contribution in [2.75, 3.05) is 23.4 Å². The number of ether oxygens (including phenoxy) is 1. The third-order valence-electron chi connectivity index (χ3n) is 4.16. The minimum atomic E-state index is -0.365. The maximum absolute atomic E-state index is 12.4. The van der Waals surface area contributed by atoms with Gasteiger partial charge < -0.3 is 15.0 Å². The Hall–Kier alpha value is -2.58. The number of thiazole rings is 1. The van der Waals surface area contributed by atoms with E-state index in [9.17, 15) is 9.59 Å². The number of benzene rings is 1. The molecule has 0 bridgehead atoms. The van der Waals surface area contributed by atoms with Crippen LogP contribution in [-0.4, -0.2) is 29.2 Å². The van der Waals surface area contributed by atoms with Crippen molar-refractivity contribution in [1.29, 1.82) is 0 Å². The summed E-state index contributed by atoms with van der Waals surface area (Å²) >= 11 is 7.38. The molecule has 2 aromatic heterocycles. The fourth-order valence-electron chi connectivity index (χ4n) is 2.83. The Kier molecular flexibility index (Phi) is 4.29. The van der Waals surface area contributed by atoms with Crippen LogP contribution in [0.3, 0.4) is 0 Å². The number of anilines is 2. The van der Waals surface area contributed by atoms with Gasteiger partial charge in [0.05, 0.1) is 18.8 Å². The summed E-state index contributed by atoms with van der Waals surface area (Å²) in [5, 5.41) is 6.02. The van der Waals surface area contributed by atoms with Crippen molar-refractivity contribution in [3.8, 4) is 0 Å². The number of aromatic amines is 1. The number of rotatable bonds is 4. The molecule has 1 fully saturated rings. The van der Waals surface area contributed by atoms with E-state index in [0.717, 1.165) is 10.9 Å². The van der Waals surface area contributed by atoms with E-state index in [0.29, 0.717) is 33.9 Å². The Morgan fingerprint density at radius 2 is 2.23 bits per heavy atom. The fourth-order valence-corrected chi connectivity index (χ4v) is 3.93. The Morgan fingerprint density at radius 3 is 3.00 bits per heavy atom. The Balaban J connectivity index is 1.58. The van der Waals surface area contributed by atoms with Crippen LogP contribution in [0, 0.1) is 0 Å². The van der Waals surface area contributed by atoms with Gasteiger partial charge in [0.2, 0.25) is 0 Å². The number of carbonyl (C=O) groups is 1. The summed E-state index contributed by atoms with van der Waals surface area (Å²) in [6.45, 7) is 2.78. The van der Waals surface area contributed by atoms with Gasteiger partial charge in [-0.3, -0.25) is 9.69 Å². The van der Waals surface area contributed by atoms with Crippen molar-refractivity contribution in [2.45, 2.75) is 13.0 Å². The van der Waals surface area contributed by atoms with Crippen molar-refractivity contribution in [3.63, 3.8) is 0 Å². The van der Waals surface area contributed by atoms with Crippen LogP contribution in [0.2, 0.25) is 5.02 Å². The number of carbonyl (C=O) groups excluding carboxylic acids is 1. The minimum Gasteiger partial charge on any atom is -0.447 e. The highest BCUT2D eigenvalue weighted by molar-refractivity contribution is 7.19. The number of fused-ring (bicyclic) bond motifs is 1. The normalized spacial score (nSPS) is 15.3. The lowest BCUT2D eigenvalue weighted by molar-refractivity contribution is 0.181. The van der Waals surface area contributed by atoms with Gasteiger partial charge in [0.25, 0.3) is 5.56 Å². The standard InChI is InChI=1S/C17H15ClN4O3S/c1-9(12-7-10-6-11(18)2-3-13(10)21-15(12)23)20-16-19-8-14(26-16)22-4-5-25-17(22)24/h2-3,6-9H,4-5H2,1H3,(H,19,20)(H,21,23)/t9-/m0/s1. The second-order valence-electron chi connectivity index (χ2n) is 5.92. The predicted molar refractivity (Wildman–Crippen MR) is 102 cm³/mol. The number of aromatic nitrogens is 2. The van der Waals surface area contributed by atoms with Gasteiger partial charge in [0, 0.05) is 21.5 Å². The molecule has 1 aromatic carbocycles. The molecule has 0 unspecified atom stereocenters. The number of cyclic esters (lactones) is 1. The summed E-state index contributed by atoms with van der Waals surface area (Å²) in [5.41, 5.74) is 1.15. The molecule has 134 valence electrons. The van der Waals surface area contributed by atoms with Crippen LogP contribution in [0.4, 0.5) is 14.9 Å². The molecule has 26 heavy (non-hydrogen) atoms. The molecule has 1 atom stereocenters. The van der Waals surface area contributed by atoms with Crippen LogP contribution in [0.25, 0.3) is 10.9 Å². The molecule has 9 heteroatoms. The lowest BCUT2D eigenvalue weighted by atomic mass is 10.1. The van der Waals surface area contributed by atoms with Crippen LogP contribution in [0.1, 0.15) is 18.5 Å². The minimum absolute atomic E-state index is 0.167. The first-order chi connectivity index (χ1) is 12.5. The number of pyridine rings is 1. The quantitative estimate of drug-likeness (QED) is 0.708. The Morgan fingerprint density at radius 1 is 1.38 bits per heavy atom. The molecule has 7 nitrogen and oxygen atoms in total. The largest absolute Gasteiger partial charge is 0.447 e. The maximum atomic E-state index is 12.4. The molecule has 0 spiro atoms. The van der Waals surface area contributed by atoms with Crippen LogP contribution in [0.5, 0.6) is 0 Å². The van der Waals surface area contributed by atoms with Gasteiger partial charge in [0.15, 0.2) is 5.13 Å². The first-order valence-corrected chi connectivity index (χ1v) is 9.20. The molecular weight excluding hydrogens is 376 g/mol. The van der Waals surface area contributed by atoms with Crippen LogP contribution >= 0.6 is 22.9 Å². The molecule has 1 aliphatic heterocycles. The zero-order chi connectivity index (χ0) is 18.3. The monoisotopic (exact) mass is 390 g/mol. The smallest absolute Gasteiger partial charge is 0.415 e. The Bertz CT molecular complexity index is 1050. The van der Waals surface area contributed by atoms with Gasteiger partial charge in [-0.15, -0.1) is 0 Å². The van der Waals surface area contributed by atoms with E-state index in [4.69, 9.17) is 16.3 Å². The van der Waals surface area contributed by atoms with Gasteiger partial charge in [-0.25, -0.2) is 9.78 Å². The number of nitrogens with one attached hydrogen (secondary N) is 2. The zero-order valence-electron chi connectivity index (χ0n) is 13.8. The second-order valence-corrected chi connectivity index (χ2v) is 7.37. The molecule has 1 aliphatic rings. The van der Waals surface area contributed by atoms with Gasteiger partial charge in [-0.05, 0) is 31.2 Å². The van der Waals surface area contributed by atoms with E-state index in [2.05, 4.69) is 15.3 Å². The lowest BCUT2D eigenvalue weighted by Gasteiger charge is -2.13. The SMILES string of the molecule is C[C@H](Nc1ncc(N2CCOC2=O)s1)c1cc2cc(Cl)ccc2[nH]c1=O. The van der Waals surface area contributed by atoms with Gasteiger partial charge in [-0.1, -0.05) is 22.9 Å². The summed E-state index contributed by atoms with van der Waals surface area (Å²) < 4.78 is 4.94.